The highest BCUT2D eigenvalue weighted by Crippen LogP contribution is 2.23. The smallest absolute Gasteiger partial charge is 0.338 e. The fraction of sp³-hybridized carbons (Fsp3) is 0.0526. The van der Waals surface area contributed by atoms with Crippen molar-refractivity contribution in [3.63, 3.8) is 0 Å². The van der Waals surface area contributed by atoms with Gasteiger partial charge in [0.25, 0.3) is 22.2 Å². The molecule has 48 heavy (non-hydrogen) atoms. The first-order chi connectivity index (χ1) is 23.2. The van der Waals surface area contributed by atoms with Crippen molar-refractivity contribution < 1.29 is 19.1 Å². The van der Waals surface area contributed by atoms with E-state index in [0.717, 1.165) is 9.13 Å². The number of fused-ring (bicyclic) bond motifs is 4. The van der Waals surface area contributed by atoms with Crippen LogP contribution in [-0.2, 0) is 9.47 Å². The third-order valence-electron chi connectivity index (χ3n) is 8.19. The van der Waals surface area contributed by atoms with Gasteiger partial charge in [0, 0.05) is 0 Å². The maximum Gasteiger partial charge on any atom is 0.338 e. The lowest BCUT2D eigenvalue weighted by atomic mass is 10.1. The standard InChI is InChI=1S/C38H24N2O8/c1-3-13-47-37(45)25-7-5-23-17-27(11-9-21(23)15-25)39-33(41)29-19-31-32(20-30(29)34(39)42)36(44)40(35(31)43)28-12-10-22-16-26(8-6-24(22)18-28)38(46)48-14-4-2/h3-12,15-20H,1-2,13-14H2. The summed E-state index contributed by atoms with van der Waals surface area (Å²) in [6, 6.07) is 22.3. The largest absolute Gasteiger partial charge is 0.458 e. The summed E-state index contributed by atoms with van der Waals surface area (Å²) < 4.78 is 12.2. The first kappa shape index (κ1) is 30.0. The van der Waals surface area contributed by atoms with E-state index in [-0.39, 0.29) is 34.8 Å². The summed E-state index contributed by atoms with van der Waals surface area (Å²) in [4.78, 5) is 78.9. The van der Waals surface area contributed by atoms with Gasteiger partial charge in [-0.25, -0.2) is 18.7 Å². The van der Waals surface area contributed by atoms with Crippen LogP contribution in [0, 0.1) is 0 Å². The van der Waals surface area contributed by atoms with Crippen molar-refractivity contribution >= 4 is 55.0 Å². The van der Waals surface area contributed by atoms with E-state index in [1.165, 1.54) is 24.3 Å². The molecule has 0 N–H and O–H groups in total. The maximum atomic E-state index is 13.6. The number of carbonyl (C=O) groups is 2. The minimum Gasteiger partial charge on any atom is -0.458 e. The van der Waals surface area contributed by atoms with Gasteiger partial charge in [0.15, 0.2) is 0 Å². The third kappa shape index (κ3) is 4.83. The first-order valence-corrected chi connectivity index (χ1v) is 14.8. The highest BCUT2D eigenvalue weighted by atomic mass is 16.5. The molecule has 0 fully saturated rings. The Morgan fingerprint density at radius 1 is 0.500 bits per heavy atom. The predicted octanol–water partition coefficient (Wildman–Crippen LogP) is 4.88. The average molecular weight is 637 g/mol. The zero-order valence-electron chi connectivity index (χ0n) is 25.2. The van der Waals surface area contributed by atoms with Gasteiger partial charge in [-0.3, -0.25) is 19.2 Å². The summed E-state index contributed by atoms with van der Waals surface area (Å²) in [5.41, 5.74) is -1.25. The SMILES string of the molecule is C=CCOC(=O)c1ccc2cc(-n3c(=O)c4cc5c(=O)n(-c6ccc7cc(C(=O)OCC=C)ccc7c6)c(=O)c5cc4c3=O)ccc2c1. The number of benzene rings is 5. The van der Waals surface area contributed by atoms with Gasteiger partial charge in [0.1, 0.15) is 13.2 Å². The Hall–Kier alpha value is -6.68. The molecule has 0 aliphatic carbocycles. The van der Waals surface area contributed by atoms with Gasteiger partial charge in [-0.1, -0.05) is 49.6 Å². The van der Waals surface area contributed by atoms with E-state index in [1.807, 2.05) is 0 Å². The molecule has 0 atom stereocenters. The van der Waals surface area contributed by atoms with Crippen LogP contribution in [0.1, 0.15) is 20.7 Å². The molecule has 0 aliphatic rings. The molecule has 0 unspecified atom stereocenters. The highest BCUT2D eigenvalue weighted by molar-refractivity contribution is 6.00. The minimum absolute atomic E-state index is 0.0107. The number of nitrogens with zero attached hydrogens (tertiary/aromatic N) is 2. The second-order valence-electron chi connectivity index (χ2n) is 11.1. The summed E-state index contributed by atoms with van der Waals surface area (Å²) in [5, 5.41) is 2.78. The van der Waals surface area contributed by atoms with Gasteiger partial charge in [-0.05, 0) is 82.2 Å². The molecule has 234 valence electrons. The van der Waals surface area contributed by atoms with Crippen LogP contribution in [0.25, 0.3) is 54.5 Å². The van der Waals surface area contributed by atoms with Gasteiger partial charge in [-0.2, -0.15) is 0 Å². The Kier molecular flexibility index (Phi) is 7.25. The lowest BCUT2D eigenvalue weighted by molar-refractivity contribution is 0.0540. The van der Waals surface area contributed by atoms with Crippen molar-refractivity contribution in [3.05, 3.63) is 163 Å². The number of esters is 2. The number of ether oxygens (including phenoxy) is 2. The van der Waals surface area contributed by atoms with Crippen molar-refractivity contribution in [1.29, 1.82) is 0 Å². The van der Waals surface area contributed by atoms with E-state index in [1.54, 1.807) is 72.8 Å². The van der Waals surface area contributed by atoms with E-state index >= 15 is 0 Å². The molecule has 0 spiro atoms. The van der Waals surface area contributed by atoms with Gasteiger partial charge in [-0.15, -0.1) is 0 Å². The van der Waals surface area contributed by atoms with Gasteiger partial charge in [0.05, 0.1) is 44.0 Å². The molecule has 0 saturated heterocycles. The fourth-order valence-corrected chi connectivity index (χ4v) is 5.88. The van der Waals surface area contributed by atoms with Crippen LogP contribution in [0.15, 0.2) is 129 Å². The number of rotatable bonds is 8. The monoisotopic (exact) mass is 636 g/mol. The molecular formula is C38H24N2O8. The summed E-state index contributed by atoms with van der Waals surface area (Å²) >= 11 is 0. The highest BCUT2D eigenvalue weighted by Gasteiger charge is 2.21. The molecule has 0 radical (unpaired) electrons. The van der Waals surface area contributed by atoms with E-state index in [0.29, 0.717) is 44.0 Å². The number of hydrogen-bond acceptors (Lipinski definition) is 8. The second-order valence-corrected chi connectivity index (χ2v) is 11.1. The molecule has 0 aliphatic heterocycles. The molecule has 7 rings (SSSR count). The molecule has 10 heteroatoms. The first-order valence-electron chi connectivity index (χ1n) is 14.8. The number of aromatic nitrogens is 2. The molecule has 2 aromatic heterocycles. The number of carbonyl (C=O) groups excluding carboxylic acids is 2. The van der Waals surface area contributed by atoms with Crippen molar-refractivity contribution in [1.82, 2.24) is 9.13 Å². The van der Waals surface area contributed by atoms with E-state index < -0.39 is 34.2 Å². The molecule has 10 nitrogen and oxygen atoms in total. The van der Waals surface area contributed by atoms with Gasteiger partial charge >= 0.3 is 11.9 Å². The topological polar surface area (TPSA) is 131 Å². The number of hydrogen-bond donors (Lipinski definition) is 0. The molecule has 0 amide bonds. The molecule has 2 heterocycles. The Morgan fingerprint density at radius 2 is 0.833 bits per heavy atom. The Labute approximate surface area is 270 Å². The van der Waals surface area contributed by atoms with Crippen LogP contribution < -0.4 is 22.2 Å². The summed E-state index contributed by atoms with van der Waals surface area (Å²) in [6.45, 7) is 7.21. The van der Waals surface area contributed by atoms with E-state index in [2.05, 4.69) is 13.2 Å². The lowest BCUT2D eigenvalue weighted by Crippen LogP contribution is -2.24. The summed E-state index contributed by atoms with van der Waals surface area (Å²) in [7, 11) is 0. The third-order valence-corrected chi connectivity index (χ3v) is 8.19. The van der Waals surface area contributed by atoms with Crippen molar-refractivity contribution in [2.24, 2.45) is 0 Å². The van der Waals surface area contributed by atoms with Crippen LogP contribution in [0.5, 0.6) is 0 Å². The van der Waals surface area contributed by atoms with E-state index in [4.69, 9.17) is 9.47 Å². The van der Waals surface area contributed by atoms with Crippen molar-refractivity contribution in [2.45, 2.75) is 0 Å². The molecule has 0 bridgehead atoms. The fourth-order valence-electron chi connectivity index (χ4n) is 5.88. The Balaban J connectivity index is 1.28. The summed E-state index contributed by atoms with van der Waals surface area (Å²) in [6.07, 6.45) is 2.94. The van der Waals surface area contributed by atoms with Crippen LogP contribution in [0.2, 0.25) is 0 Å². The molecule has 7 aromatic rings. The van der Waals surface area contributed by atoms with Crippen LogP contribution in [0.3, 0.4) is 0 Å². The van der Waals surface area contributed by atoms with Crippen LogP contribution in [-0.4, -0.2) is 34.3 Å². The second kappa shape index (κ2) is 11.6. The average Bonchev–Trinajstić information content (AvgIpc) is 3.50. The zero-order valence-corrected chi connectivity index (χ0v) is 25.2. The molecular weight excluding hydrogens is 612 g/mol. The van der Waals surface area contributed by atoms with Gasteiger partial charge < -0.3 is 9.47 Å². The Bertz CT molecular complexity index is 2480. The van der Waals surface area contributed by atoms with Crippen LogP contribution in [0.4, 0.5) is 0 Å². The zero-order chi connectivity index (χ0) is 33.7. The lowest BCUT2D eigenvalue weighted by Gasteiger charge is -2.06. The minimum atomic E-state index is -0.631. The quantitative estimate of drug-likeness (QED) is 0.170. The maximum absolute atomic E-state index is 13.6. The Morgan fingerprint density at radius 3 is 1.19 bits per heavy atom. The predicted molar refractivity (Wildman–Crippen MR) is 184 cm³/mol. The normalized spacial score (nSPS) is 11.3. The van der Waals surface area contributed by atoms with Crippen molar-refractivity contribution in [3.8, 4) is 11.4 Å². The summed E-state index contributed by atoms with van der Waals surface area (Å²) in [5.74, 6) is -1.01. The van der Waals surface area contributed by atoms with Gasteiger partial charge in [0.2, 0.25) is 0 Å². The van der Waals surface area contributed by atoms with Crippen LogP contribution >= 0.6 is 0 Å². The molecule has 5 aromatic carbocycles. The van der Waals surface area contributed by atoms with Crippen molar-refractivity contribution in [2.75, 3.05) is 13.2 Å². The van der Waals surface area contributed by atoms with E-state index in [9.17, 15) is 28.8 Å². The molecule has 0 saturated carbocycles.